The Morgan fingerprint density at radius 2 is 0.479 bits per heavy atom. The van der Waals surface area contributed by atoms with Gasteiger partial charge in [-0.25, -0.2) is 0 Å². The third kappa shape index (κ3) is 63.1. The molecule has 0 atom stereocenters. The van der Waals surface area contributed by atoms with Gasteiger partial charge in [-0.3, -0.25) is 4.79 Å². The quantitative estimate of drug-likeness (QED) is 0.0829. The molecule has 0 saturated heterocycles. The molecular weight excluding hydrogens is 959 g/mol. The van der Waals surface area contributed by atoms with Gasteiger partial charge >= 0.3 is 0 Å². The molecule has 0 aromatic heterocycles. The number of hydrogen-bond donors (Lipinski definition) is 2. The first kappa shape index (κ1) is 71.7. The van der Waals surface area contributed by atoms with E-state index in [-0.39, 0.29) is 19.1 Å². The van der Waals surface area contributed by atoms with Gasteiger partial charge in [0.2, 0.25) is 5.91 Å². The zero-order valence-corrected chi connectivity index (χ0v) is 45.5. The van der Waals surface area contributed by atoms with Crippen molar-refractivity contribution in [2.24, 2.45) is 0 Å². The molecule has 0 aromatic rings. The molecule has 0 unspecified atom stereocenters. The Morgan fingerprint density at radius 1 is 0.260 bits per heavy atom. The zero-order chi connectivity index (χ0) is 52.5. The van der Waals surface area contributed by atoms with E-state index in [9.17, 15) is 4.79 Å². The molecule has 0 aromatic carbocycles. The highest BCUT2D eigenvalue weighted by atomic mass is 16.6. The van der Waals surface area contributed by atoms with Crippen LogP contribution in [0.5, 0.6) is 0 Å². The maximum absolute atomic E-state index is 13.2. The van der Waals surface area contributed by atoms with Crippen molar-refractivity contribution in [3.05, 3.63) is 0 Å². The minimum absolute atomic E-state index is 0.0162. The molecule has 2 N–H and O–H groups in total. The summed E-state index contributed by atoms with van der Waals surface area (Å²) < 4.78 is 93.5. The van der Waals surface area contributed by atoms with Gasteiger partial charge in [-0.1, -0.05) is 64.7 Å². The van der Waals surface area contributed by atoms with Crippen LogP contribution in [-0.2, 0) is 85.3 Å². The van der Waals surface area contributed by atoms with Crippen molar-refractivity contribution >= 4 is 5.91 Å². The molecule has 0 aliphatic rings. The number of carbonyl (C=O) groups excluding carboxylic acids is 1. The number of hydrogen-bond acceptors (Lipinski definition) is 20. The highest BCUT2D eigenvalue weighted by Crippen LogP contribution is 2.12. The van der Waals surface area contributed by atoms with Gasteiger partial charge < -0.3 is 95.6 Å². The summed E-state index contributed by atoms with van der Waals surface area (Å²) in [4.78, 5) is 15.1. The molecule has 0 radical (unpaired) electrons. The van der Waals surface area contributed by atoms with Crippen LogP contribution in [0, 0.1) is 0 Å². The van der Waals surface area contributed by atoms with Crippen LogP contribution in [0.1, 0.15) is 84.0 Å². The number of ether oxygens (including phenoxy) is 17. The number of unbranched alkanes of at least 4 members (excludes halogenated alkanes) is 9. The van der Waals surface area contributed by atoms with Crippen LogP contribution in [0.4, 0.5) is 0 Å². The number of carbonyl (C=O) groups is 1. The van der Waals surface area contributed by atoms with Crippen molar-refractivity contribution in [3.8, 4) is 0 Å². The lowest BCUT2D eigenvalue weighted by molar-refractivity contribution is -0.132. The van der Waals surface area contributed by atoms with Crippen molar-refractivity contribution in [1.82, 2.24) is 4.90 Å². The highest BCUT2D eigenvalue weighted by Gasteiger charge is 2.13. The van der Waals surface area contributed by atoms with Crippen molar-refractivity contribution in [2.45, 2.75) is 84.0 Å². The monoisotopic (exact) mass is 1060 g/mol. The van der Waals surface area contributed by atoms with E-state index < -0.39 is 0 Å². The summed E-state index contributed by atoms with van der Waals surface area (Å²) in [6.07, 6.45) is 13.6. The molecule has 0 bridgehead atoms. The van der Waals surface area contributed by atoms with Crippen molar-refractivity contribution in [3.63, 3.8) is 0 Å². The van der Waals surface area contributed by atoms with Gasteiger partial charge in [-0.05, 0) is 12.8 Å². The van der Waals surface area contributed by atoms with Crippen LogP contribution in [-0.4, -0.2) is 272 Å². The van der Waals surface area contributed by atoms with Gasteiger partial charge in [-0.2, -0.15) is 0 Å². The van der Waals surface area contributed by atoms with E-state index in [1.165, 1.54) is 51.4 Å². The standard InChI is InChI=1S/C52H105NO20/c1-2-3-4-5-6-7-8-9-10-11-13-52(56)53(14-12-18-57-22-26-61-30-34-65-38-42-69-46-48-71-44-40-67-36-32-63-28-24-59-20-16-54)15-19-58-23-27-62-31-35-66-39-43-70-47-50-73-51-49-72-45-41-68-37-33-64-29-25-60-21-17-55/h54-55H,2-51H2,1H3. The molecular formula is C52H105NO20. The van der Waals surface area contributed by atoms with Gasteiger partial charge in [0.05, 0.1) is 231 Å². The summed E-state index contributed by atoms with van der Waals surface area (Å²) in [6, 6.07) is 0. The van der Waals surface area contributed by atoms with E-state index in [0.29, 0.717) is 244 Å². The molecule has 0 fully saturated rings. The molecule has 0 saturated carbocycles. The fourth-order valence-corrected chi connectivity index (χ4v) is 6.45. The third-order valence-corrected chi connectivity index (χ3v) is 10.4. The Labute approximate surface area is 440 Å². The zero-order valence-electron chi connectivity index (χ0n) is 45.5. The first-order valence-electron chi connectivity index (χ1n) is 27.6. The van der Waals surface area contributed by atoms with Crippen LogP contribution >= 0.6 is 0 Å². The SMILES string of the molecule is CCCCCCCCCCCCC(=O)N(CCCOCCOCCOCCOCCOCCOCCOCCOCCO)CCOCCOCCOCCOCCOCCOCCOCCOCCOCCO. The number of rotatable bonds is 67. The Hall–Kier alpha value is -1.29. The maximum atomic E-state index is 13.2. The number of aliphatic hydroxyl groups is 2. The Kier molecular flexibility index (Phi) is 65.6. The molecule has 21 heteroatoms. The predicted octanol–water partition coefficient (Wildman–Crippen LogP) is 3.78. The van der Waals surface area contributed by atoms with E-state index in [2.05, 4.69) is 6.92 Å². The Balaban J connectivity index is 3.87. The van der Waals surface area contributed by atoms with Crippen molar-refractivity contribution in [1.29, 1.82) is 0 Å². The topological polar surface area (TPSA) is 218 Å². The Morgan fingerprint density at radius 3 is 0.740 bits per heavy atom. The van der Waals surface area contributed by atoms with Gasteiger partial charge in [0.15, 0.2) is 0 Å². The molecule has 0 spiro atoms. The highest BCUT2D eigenvalue weighted by molar-refractivity contribution is 5.76. The van der Waals surface area contributed by atoms with Gasteiger partial charge in [0.25, 0.3) is 0 Å². The summed E-state index contributed by atoms with van der Waals surface area (Å²) in [7, 11) is 0. The number of amides is 1. The molecule has 73 heavy (non-hydrogen) atoms. The second-order valence-electron chi connectivity index (χ2n) is 16.5. The smallest absolute Gasteiger partial charge is 0.222 e. The van der Waals surface area contributed by atoms with E-state index in [0.717, 1.165) is 19.3 Å². The van der Waals surface area contributed by atoms with Crippen LogP contribution < -0.4 is 0 Å². The number of aliphatic hydroxyl groups excluding tert-OH is 2. The summed E-state index contributed by atoms with van der Waals surface area (Å²) in [5, 5.41) is 17.3. The average molecular weight is 1060 g/mol. The predicted molar refractivity (Wildman–Crippen MR) is 276 cm³/mol. The number of nitrogens with zero attached hydrogens (tertiary/aromatic N) is 1. The molecule has 0 heterocycles. The van der Waals surface area contributed by atoms with E-state index in [1.807, 2.05) is 4.90 Å². The van der Waals surface area contributed by atoms with E-state index in [1.54, 1.807) is 0 Å². The average Bonchev–Trinajstić information content (AvgIpc) is 3.40. The molecule has 21 nitrogen and oxygen atoms in total. The van der Waals surface area contributed by atoms with Crippen LogP contribution in [0.25, 0.3) is 0 Å². The largest absolute Gasteiger partial charge is 0.394 e. The van der Waals surface area contributed by atoms with Gasteiger partial charge in [0, 0.05) is 26.1 Å². The fourth-order valence-electron chi connectivity index (χ4n) is 6.45. The second-order valence-corrected chi connectivity index (χ2v) is 16.5. The van der Waals surface area contributed by atoms with Crippen LogP contribution in [0.15, 0.2) is 0 Å². The van der Waals surface area contributed by atoms with Crippen LogP contribution in [0.3, 0.4) is 0 Å². The van der Waals surface area contributed by atoms with Gasteiger partial charge in [-0.15, -0.1) is 0 Å². The Bertz CT molecular complexity index is 1010. The first-order valence-corrected chi connectivity index (χ1v) is 27.6. The third-order valence-electron chi connectivity index (χ3n) is 10.4. The lowest BCUT2D eigenvalue weighted by Crippen LogP contribution is -2.35. The first-order chi connectivity index (χ1) is 36.3. The summed E-state index contributed by atoms with van der Waals surface area (Å²) >= 11 is 0. The minimum Gasteiger partial charge on any atom is -0.394 e. The molecule has 0 rings (SSSR count). The van der Waals surface area contributed by atoms with E-state index >= 15 is 0 Å². The fraction of sp³-hybridized carbons (Fsp3) is 0.981. The maximum Gasteiger partial charge on any atom is 0.222 e. The van der Waals surface area contributed by atoms with E-state index in [4.69, 9.17) is 90.7 Å². The summed E-state index contributed by atoms with van der Waals surface area (Å²) in [6.45, 7) is 19.5. The molecule has 0 aliphatic carbocycles. The minimum atomic E-state index is 0.0162. The molecule has 1 amide bonds. The lowest BCUT2D eigenvalue weighted by Gasteiger charge is -2.23. The lowest BCUT2D eigenvalue weighted by atomic mass is 10.1. The molecule has 0 aliphatic heterocycles. The van der Waals surface area contributed by atoms with Gasteiger partial charge in [0.1, 0.15) is 0 Å². The molecule has 438 valence electrons. The summed E-state index contributed by atoms with van der Waals surface area (Å²) in [5.74, 6) is 0.175. The van der Waals surface area contributed by atoms with Crippen molar-refractivity contribution < 1.29 is 95.5 Å². The van der Waals surface area contributed by atoms with Crippen molar-refractivity contribution in [2.75, 3.05) is 251 Å². The van der Waals surface area contributed by atoms with Crippen LogP contribution in [0.2, 0.25) is 0 Å². The second kappa shape index (κ2) is 66.8. The normalized spacial score (nSPS) is 11.7. The summed E-state index contributed by atoms with van der Waals surface area (Å²) in [5.41, 5.74) is 0.